The number of imidazole rings is 1. The predicted molar refractivity (Wildman–Crippen MR) is 89.2 cm³/mol. The van der Waals surface area contributed by atoms with Crippen LogP contribution in [-0.4, -0.2) is 21.4 Å². The summed E-state index contributed by atoms with van der Waals surface area (Å²) in [4.78, 5) is 15.9. The van der Waals surface area contributed by atoms with Gasteiger partial charge in [0.25, 0.3) is 5.69 Å². The summed E-state index contributed by atoms with van der Waals surface area (Å²) in [5, 5.41) is 10.9. The maximum Gasteiger partial charge on any atom is 0.270 e. The molecule has 4 aromatic rings. The fraction of sp³-hybridized carbons (Fsp3) is 0.0625. The van der Waals surface area contributed by atoms with Gasteiger partial charge >= 0.3 is 0 Å². The van der Waals surface area contributed by atoms with Gasteiger partial charge in [-0.2, -0.15) is 0 Å². The largest absolute Gasteiger partial charge is 0.497 e. The van der Waals surface area contributed by atoms with Gasteiger partial charge in [0.05, 0.1) is 27.9 Å². The molecule has 0 radical (unpaired) electrons. The minimum absolute atomic E-state index is 0.0634. The molecule has 0 saturated carbocycles. The monoisotopic (exact) mass is 325 g/mol. The Morgan fingerprint density at radius 2 is 2.13 bits per heavy atom. The Hall–Kier alpha value is -2.93. The van der Waals surface area contributed by atoms with Crippen LogP contribution in [0.15, 0.2) is 48.7 Å². The lowest BCUT2D eigenvalue weighted by Crippen LogP contribution is -1.88. The van der Waals surface area contributed by atoms with Gasteiger partial charge < -0.3 is 4.74 Å². The Morgan fingerprint density at radius 3 is 2.91 bits per heavy atom. The van der Waals surface area contributed by atoms with Crippen molar-refractivity contribution < 1.29 is 9.66 Å². The minimum Gasteiger partial charge on any atom is -0.497 e. The summed E-state index contributed by atoms with van der Waals surface area (Å²) in [5.74, 6) is 0.806. The Kier molecular flexibility index (Phi) is 3.02. The van der Waals surface area contributed by atoms with Crippen molar-refractivity contribution in [2.24, 2.45) is 0 Å². The van der Waals surface area contributed by atoms with Gasteiger partial charge in [0.15, 0.2) is 4.96 Å². The van der Waals surface area contributed by atoms with Crippen molar-refractivity contribution in [2.75, 3.05) is 7.11 Å². The fourth-order valence-electron chi connectivity index (χ4n) is 2.53. The summed E-state index contributed by atoms with van der Waals surface area (Å²) < 4.78 is 8.31. The first-order chi connectivity index (χ1) is 11.2. The van der Waals surface area contributed by atoms with E-state index in [1.807, 2.05) is 34.9 Å². The molecule has 23 heavy (non-hydrogen) atoms. The molecule has 0 amide bonds. The van der Waals surface area contributed by atoms with Gasteiger partial charge in [0, 0.05) is 23.9 Å². The minimum atomic E-state index is -0.399. The molecule has 0 N–H and O–H groups in total. The molecule has 2 heterocycles. The highest BCUT2D eigenvalue weighted by Gasteiger charge is 2.13. The van der Waals surface area contributed by atoms with Gasteiger partial charge in [-0.15, -0.1) is 0 Å². The van der Waals surface area contributed by atoms with Crippen molar-refractivity contribution in [1.82, 2.24) is 9.38 Å². The molecule has 0 bridgehead atoms. The molecule has 0 aliphatic rings. The van der Waals surface area contributed by atoms with Gasteiger partial charge in [-0.25, -0.2) is 4.98 Å². The van der Waals surface area contributed by atoms with E-state index in [1.54, 1.807) is 24.5 Å². The first-order valence-corrected chi connectivity index (χ1v) is 7.68. The van der Waals surface area contributed by atoms with Gasteiger partial charge in [-0.1, -0.05) is 23.5 Å². The second-order valence-corrected chi connectivity index (χ2v) is 6.03. The molecule has 0 atom stereocenters. The van der Waals surface area contributed by atoms with E-state index in [0.717, 1.165) is 32.2 Å². The van der Waals surface area contributed by atoms with E-state index in [0.29, 0.717) is 0 Å². The second kappa shape index (κ2) is 5.06. The van der Waals surface area contributed by atoms with E-state index in [2.05, 4.69) is 4.98 Å². The number of ether oxygens (including phenoxy) is 1. The van der Waals surface area contributed by atoms with Crippen LogP contribution >= 0.6 is 11.3 Å². The van der Waals surface area contributed by atoms with Crippen molar-refractivity contribution in [3.63, 3.8) is 0 Å². The maximum atomic E-state index is 10.9. The second-order valence-electron chi connectivity index (χ2n) is 5.02. The van der Waals surface area contributed by atoms with Gasteiger partial charge in [-0.05, 0) is 18.2 Å². The number of hydrogen-bond donors (Lipinski definition) is 0. The topological polar surface area (TPSA) is 69.7 Å². The number of benzene rings is 2. The van der Waals surface area contributed by atoms with Crippen LogP contribution < -0.4 is 4.74 Å². The molecule has 7 heteroatoms. The normalized spacial score (nSPS) is 11.2. The molecule has 2 aromatic carbocycles. The molecule has 0 spiro atoms. The number of aromatic nitrogens is 2. The molecule has 0 unspecified atom stereocenters. The van der Waals surface area contributed by atoms with Crippen molar-refractivity contribution in [3.8, 4) is 17.0 Å². The summed E-state index contributed by atoms with van der Waals surface area (Å²) in [5.41, 5.74) is 2.55. The number of nitro benzene ring substituents is 1. The number of non-ortho nitro benzene ring substituents is 1. The molecular weight excluding hydrogens is 314 g/mol. The van der Waals surface area contributed by atoms with Crippen molar-refractivity contribution in [1.29, 1.82) is 0 Å². The number of thiazole rings is 1. The first kappa shape index (κ1) is 13.7. The first-order valence-electron chi connectivity index (χ1n) is 6.86. The predicted octanol–water partition coefficient (Wildman–Crippen LogP) is 4.13. The zero-order valence-corrected chi connectivity index (χ0v) is 12.9. The average Bonchev–Trinajstić information content (AvgIpc) is 3.11. The lowest BCUT2D eigenvalue weighted by Gasteiger charge is -1.98. The lowest BCUT2D eigenvalue weighted by molar-refractivity contribution is -0.384. The molecule has 0 aliphatic carbocycles. The summed E-state index contributed by atoms with van der Waals surface area (Å²) in [6.07, 6.45) is 1.90. The van der Waals surface area contributed by atoms with Crippen LogP contribution in [0.1, 0.15) is 0 Å². The molecule has 0 aliphatic heterocycles. The third-order valence-electron chi connectivity index (χ3n) is 3.65. The summed E-state index contributed by atoms with van der Waals surface area (Å²) in [6.45, 7) is 0. The fourth-order valence-corrected chi connectivity index (χ4v) is 3.56. The van der Waals surface area contributed by atoms with E-state index < -0.39 is 4.92 Å². The SMILES string of the molecule is COc1ccc2c(c1)sc1nc(-c3cccc([N+](=O)[O-])c3)cn12. The van der Waals surface area contributed by atoms with E-state index in [1.165, 1.54) is 12.1 Å². The van der Waals surface area contributed by atoms with Crippen LogP contribution in [0, 0.1) is 10.1 Å². The van der Waals surface area contributed by atoms with Gasteiger partial charge in [0.2, 0.25) is 0 Å². The maximum absolute atomic E-state index is 10.9. The highest BCUT2D eigenvalue weighted by atomic mass is 32.1. The zero-order chi connectivity index (χ0) is 16.0. The standard InChI is InChI=1S/C16H11N3O3S/c1-22-12-5-6-14-15(8-12)23-16-17-13(9-18(14)16)10-3-2-4-11(7-10)19(20)21/h2-9H,1H3. The Bertz CT molecular complexity index is 1050. The van der Waals surface area contributed by atoms with Crippen LogP contribution in [0.5, 0.6) is 5.75 Å². The quantitative estimate of drug-likeness (QED) is 0.419. The van der Waals surface area contributed by atoms with Crippen LogP contribution in [0.4, 0.5) is 5.69 Å². The van der Waals surface area contributed by atoms with E-state index in [-0.39, 0.29) is 5.69 Å². The summed E-state index contributed by atoms with van der Waals surface area (Å²) in [6, 6.07) is 12.4. The third kappa shape index (κ3) is 2.22. The number of rotatable bonds is 3. The van der Waals surface area contributed by atoms with Crippen molar-refractivity contribution in [2.45, 2.75) is 0 Å². The molecule has 114 valence electrons. The van der Waals surface area contributed by atoms with Crippen LogP contribution in [0.2, 0.25) is 0 Å². The summed E-state index contributed by atoms with van der Waals surface area (Å²) in [7, 11) is 1.64. The Morgan fingerprint density at radius 1 is 1.26 bits per heavy atom. The Labute approximate surface area is 134 Å². The zero-order valence-electron chi connectivity index (χ0n) is 12.1. The van der Waals surface area contributed by atoms with E-state index in [4.69, 9.17) is 4.74 Å². The lowest BCUT2D eigenvalue weighted by atomic mass is 10.1. The number of fused-ring (bicyclic) bond motifs is 3. The molecule has 2 aromatic heterocycles. The molecule has 4 rings (SSSR count). The average molecular weight is 325 g/mol. The number of hydrogen-bond acceptors (Lipinski definition) is 5. The number of methoxy groups -OCH3 is 1. The highest BCUT2D eigenvalue weighted by molar-refractivity contribution is 7.23. The molecular formula is C16H11N3O3S. The molecule has 0 fully saturated rings. The van der Waals surface area contributed by atoms with Gasteiger partial charge in [-0.3, -0.25) is 14.5 Å². The van der Waals surface area contributed by atoms with Crippen molar-refractivity contribution in [3.05, 3.63) is 58.8 Å². The number of nitro groups is 1. The van der Waals surface area contributed by atoms with E-state index >= 15 is 0 Å². The highest BCUT2D eigenvalue weighted by Crippen LogP contribution is 2.32. The van der Waals surface area contributed by atoms with Crippen LogP contribution in [-0.2, 0) is 0 Å². The van der Waals surface area contributed by atoms with Gasteiger partial charge in [0.1, 0.15) is 5.75 Å². The summed E-state index contributed by atoms with van der Waals surface area (Å²) >= 11 is 1.56. The smallest absolute Gasteiger partial charge is 0.270 e. The van der Waals surface area contributed by atoms with Crippen LogP contribution in [0.3, 0.4) is 0 Å². The third-order valence-corrected chi connectivity index (χ3v) is 4.67. The van der Waals surface area contributed by atoms with Crippen LogP contribution in [0.25, 0.3) is 26.4 Å². The van der Waals surface area contributed by atoms with Crippen molar-refractivity contribution >= 4 is 32.2 Å². The molecule has 0 saturated heterocycles. The Balaban J connectivity index is 1.86. The molecule has 6 nitrogen and oxygen atoms in total. The van der Waals surface area contributed by atoms with E-state index in [9.17, 15) is 10.1 Å². The number of nitrogens with zero attached hydrogens (tertiary/aromatic N) is 3.